The van der Waals surface area contributed by atoms with E-state index in [4.69, 9.17) is 15.3 Å². The second kappa shape index (κ2) is 5.58. The SMILES string of the molecule is O=C(O)c1cc(C(=O)O)cc(C(O)C(O)CO)c1. The number of aliphatic hydroxyl groups excluding tert-OH is 3. The Morgan fingerprint density at radius 1 is 1.00 bits per heavy atom. The van der Waals surface area contributed by atoms with Gasteiger partial charge in [-0.3, -0.25) is 0 Å². The fourth-order valence-corrected chi connectivity index (χ4v) is 1.39. The molecule has 98 valence electrons. The summed E-state index contributed by atoms with van der Waals surface area (Å²) in [5.41, 5.74) is -0.739. The Labute approximate surface area is 102 Å². The molecular formula is C11H12O7. The lowest BCUT2D eigenvalue weighted by atomic mass is 9.99. The summed E-state index contributed by atoms with van der Waals surface area (Å²) in [6.07, 6.45) is -3.08. The van der Waals surface area contributed by atoms with Crippen molar-refractivity contribution < 1.29 is 35.1 Å². The molecule has 2 atom stereocenters. The van der Waals surface area contributed by atoms with Gasteiger partial charge in [0, 0.05) is 0 Å². The van der Waals surface area contributed by atoms with Gasteiger partial charge in [-0.2, -0.15) is 0 Å². The average Bonchev–Trinajstić information content (AvgIpc) is 2.36. The molecule has 0 spiro atoms. The van der Waals surface area contributed by atoms with Gasteiger partial charge in [0.2, 0.25) is 0 Å². The van der Waals surface area contributed by atoms with Crippen molar-refractivity contribution in [2.24, 2.45) is 0 Å². The summed E-state index contributed by atoms with van der Waals surface area (Å²) < 4.78 is 0. The number of aromatic carboxylic acids is 2. The molecule has 0 aliphatic carbocycles. The van der Waals surface area contributed by atoms with Gasteiger partial charge in [-0.25, -0.2) is 9.59 Å². The molecule has 0 saturated carbocycles. The van der Waals surface area contributed by atoms with Gasteiger partial charge in [0.05, 0.1) is 17.7 Å². The molecule has 0 fully saturated rings. The van der Waals surface area contributed by atoms with Gasteiger partial charge in [-0.05, 0) is 23.8 Å². The number of aliphatic hydroxyl groups is 3. The minimum Gasteiger partial charge on any atom is -0.478 e. The van der Waals surface area contributed by atoms with Crippen LogP contribution in [0.5, 0.6) is 0 Å². The summed E-state index contributed by atoms with van der Waals surface area (Å²) in [6, 6.07) is 3.02. The van der Waals surface area contributed by atoms with Crippen LogP contribution in [0, 0.1) is 0 Å². The average molecular weight is 256 g/mol. The molecule has 0 aliphatic rings. The van der Waals surface area contributed by atoms with Crippen LogP contribution in [-0.4, -0.2) is 50.2 Å². The fourth-order valence-electron chi connectivity index (χ4n) is 1.39. The molecule has 0 bridgehead atoms. The number of benzene rings is 1. The monoisotopic (exact) mass is 256 g/mol. The zero-order valence-corrected chi connectivity index (χ0v) is 9.15. The molecule has 2 unspecified atom stereocenters. The minimum atomic E-state index is -1.56. The smallest absolute Gasteiger partial charge is 0.335 e. The van der Waals surface area contributed by atoms with E-state index in [9.17, 15) is 19.8 Å². The number of carboxylic acid groups (broad SMARTS) is 2. The third-order valence-corrected chi connectivity index (χ3v) is 2.34. The quantitative estimate of drug-likeness (QED) is 0.477. The second-order valence-electron chi connectivity index (χ2n) is 3.65. The van der Waals surface area contributed by atoms with Crippen molar-refractivity contribution in [2.75, 3.05) is 6.61 Å². The largest absolute Gasteiger partial charge is 0.478 e. The Morgan fingerprint density at radius 2 is 1.44 bits per heavy atom. The molecular weight excluding hydrogens is 244 g/mol. The van der Waals surface area contributed by atoms with Crippen LogP contribution >= 0.6 is 0 Å². The molecule has 7 heteroatoms. The van der Waals surface area contributed by atoms with Gasteiger partial charge in [-0.15, -0.1) is 0 Å². The summed E-state index contributed by atoms with van der Waals surface area (Å²) in [5, 5.41) is 45.1. The predicted octanol–water partition coefficient (Wildman–Crippen LogP) is -0.530. The van der Waals surface area contributed by atoms with Crippen LogP contribution in [0.4, 0.5) is 0 Å². The zero-order chi connectivity index (χ0) is 13.9. The molecule has 1 aromatic rings. The Bertz CT molecular complexity index is 436. The van der Waals surface area contributed by atoms with Crippen LogP contribution in [0.25, 0.3) is 0 Å². The molecule has 0 saturated heterocycles. The molecule has 0 amide bonds. The summed E-state index contributed by atoms with van der Waals surface area (Å²) in [5.74, 6) is -2.71. The van der Waals surface area contributed by atoms with E-state index in [0.29, 0.717) is 0 Å². The van der Waals surface area contributed by atoms with Crippen LogP contribution in [0.3, 0.4) is 0 Å². The van der Waals surface area contributed by atoms with E-state index in [-0.39, 0.29) is 16.7 Å². The van der Waals surface area contributed by atoms with Gasteiger partial charge in [-0.1, -0.05) is 0 Å². The van der Waals surface area contributed by atoms with Gasteiger partial charge in [0.15, 0.2) is 0 Å². The van der Waals surface area contributed by atoms with E-state index in [1.165, 1.54) is 0 Å². The second-order valence-corrected chi connectivity index (χ2v) is 3.65. The highest BCUT2D eigenvalue weighted by Gasteiger charge is 2.21. The number of carbonyl (C=O) groups is 2. The Morgan fingerprint density at radius 3 is 1.78 bits per heavy atom. The van der Waals surface area contributed by atoms with Gasteiger partial charge < -0.3 is 25.5 Å². The van der Waals surface area contributed by atoms with Gasteiger partial charge in [0.1, 0.15) is 12.2 Å². The first-order valence-electron chi connectivity index (χ1n) is 4.95. The minimum absolute atomic E-state index is 0.0890. The maximum atomic E-state index is 10.8. The first-order valence-corrected chi connectivity index (χ1v) is 4.95. The maximum Gasteiger partial charge on any atom is 0.335 e. The van der Waals surface area contributed by atoms with Gasteiger partial charge >= 0.3 is 11.9 Å². The van der Waals surface area contributed by atoms with E-state index in [1.54, 1.807) is 0 Å². The molecule has 5 N–H and O–H groups in total. The highest BCUT2D eigenvalue weighted by atomic mass is 16.4. The van der Waals surface area contributed by atoms with E-state index < -0.39 is 30.8 Å². The van der Waals surface area contributed by atoms with Crippen molar-refractivity contribution in [3.8, 4) is 0 Å². The third-order valence-electron chi connectivity index (χ3n) is 2.34. The molecule has 0 aromatic heterocycles. The standard InChI is InChI=1S/C11H12O7/c12-4-8(13)9(14)5-1-6(10(15)16)3-7(2-5)11(17)18/h1-3,8-9,12-14H,4H2,(H,15,16)(H,17,18). The lowest BCUT2D eigenvalue weighted by Gasteiger charge is -2.16. The van der Waals surface area contributed by atoms with Crippen molar-refractivity contribution in [3.63, 3.8) is 0 Å². The molecule has 1 rings (SSSR count). The van der Waals surface area contributed by atoms with Crippen LogP contribution in [0.1, 0.15) is 32.4 Å². The summed E-state index contributed by atoms with van der Waals surface area (Å²) >= 11 is 0. The molecule has 7 nitrogen and oxygen atoms in total. The maximum absolute atomic E-state index is 10.8. The lowest BCUT2D eigenvalue weighted by Crippen LogP contribution is -2.22. The fraction of sp³-hybridized carbons (Fsp3) is 0.273. The van der Waals surface area contributed by atoms with Crippen LogP contribution in [0.15, 0.2) is 18.2 Å². The van der Waals surface area contributed by atoms with Crippen LogP contribution < -0.4 is 0 Å². The Hall–Kier alpha value is -1.96. The highest BCUT2D eigenvalue weighted by Crippen LogP contribution is 2.20. The summed E-state index contributed by atoms with van der Waals surface area (Å²) in [4.78, 5) is 21.6. The number of carboxylic acids is 2. The summed E-state index contributed by atoms with van der Waals surface area (Å²) in [7, 11) is 0. The zero-order valence-electron chi connectivity index (χ0n) is 9.15. The first kappa shape index (κ1) is 14.1. The van der Waals surface area contributed by atoms with Crippen molar-refractivity contribution in [2.45, 2.75) is 12.2 Å². The van der Waals surface area contributed by atoms with E-state index >= 15 is 0 Å². The van der Waals surface area contributed by atoms with Crippen LogP contribution in [-0.2, 0) is 0 Å². The normalized spacial score (nSPS) is 13.9. The van der Waals surface area contributed by atoms with E-state index in [2.05, 4.69) is 0 Å². The molecule has 0 radical (unpaired) electrons. The van der Waals surface area contributed by atoms with Crippen LogP contribution in [0.2, 0.25) is 0 Å². The first-order chi connectivity index (χ1) is 8.36. The Kier molecular flexibility index (Phi) is 4.38. The predicted molar refractivity (Wildman–Crippen MR) is 58.4 cm³/mol. The Balaban J connectivity index is 3.26. The molecule has 18 heavy (non-hydrogen) atoms. The van der Waals surface area contributed by atoms with E-state index in [1.807, 2.05) is 0 Å². The molecule has 1 aromatic carbocycles. The summed E-state index contributed by atoms with van der Waals surface area (Å²) in [6.45, 7) is -0.735. The lowest BCUT2D eigenvalue weighted by molar-refractivity contribution is -0.0153. The van der Waals surface area contributed by atoms with Gasteiger partial charge in [0.25, 0.3) is 0 Å². The topological polar surface area (TPSA) is 135 Å². The van der Waals surface area contributed by atoms with Crippen molar-refractivity contribution in [1.29, 1.82) is 0 Å². The molecule has 0 heterocycles. The number of hydrogen-bond donors (Lipinski definition) is 5. The highest BCUT2D eigenvalue weighted by molar-refractivity contribution is 5.94. The molecule has 0 aliphatic heterocycles. The van der Waals surface area contributed by atoms with Crippen molar-refractivity contribution >= 4 is 11.9 Å². The van der Waals surface area contributed by atoms with E-state index in [0.717, 1.165) is 18.2 Å². The number of hydrogen-bond acceptors (Lipinski definition) is 5. The van der Waals surface area contributed by atoms with Crippen molar-refractivity contribution in [1.82, 2.24) is 0 Å². The third kappa shape index (κ3) is 3.04. The number of rotatable bonds is 5. The van der Waals surface area contributed by atoms with Crippen molar-refractivity contribution in [3.05, 3.63) is 34.9 Å².